The molecule has 1 amide bonds. The van der Waals surface area contributed by atoms with Crippen LogP contribution in [-0.2, 0) is 21.2 Å². The fourth-order valence-electron chi connectivity index (χ4n) is 3.27. The van der Waals surface area contributed by atoms with Crippen LogP contribution in [0.3, 0.4) is 0 Å². The fourth-order valence-corrected chi connectivity index (χ4v) is 4.90. The molecule has 0 aliphatic carbocycles. The van der Waals surface area contributed by atoms with E-state index in [0.29, 0.717) is 38.0 Å². The molecule has 3 rings (SSSR count). The highest BCUT2D eigenvalue weighted by Crippen LogP contribution is 2.21. The van der Waals surface area contributed by atoms with Crippen molar-refractivity contribution in [1.82, 2.24) is 14.8 Å². The third-order valence-electron chi connectivity index (χ3n) is 4.60. The number of likely N-dealkylation sites (tertiary alicyclic amines) is 1. The molecule has 1 aromatic carbocycles. The molecule has 0 spiro atoms. The van der Waals surface area contributed by atoms with Gasteiger partial charge in [0.1, 0.15) is 10.6 Å². The zero-order valence-electron chi connectivity index (χ0n) is 14.9. The first-order valence-corrected chi connectivity index (χ1v) is 10.1. The lowest BCUT2D eigenvalue weighted by atomic mass is 10.0. The summed E-state index contributed by atoms with van der Waals surface area (Å²) in [6.07, 6.45) is 1.54. The van der Waals surface area contributed by atoms with Crippen LogP contribution in [0.4, 0.5) is 0 Å². The zero-order chi connectivity index (χ0) is 18.7. The number of nitrogens with zero attached hydrogens (tertiary/aromatic N) is 2. The highest BCUT2D eigenvalue weighted by atomic mass is 32.2. The van der Waals surface area contributed by atoms with E-state index in [9.17, 15) is 13.2 Å². The Labute approximate surface area is 153 Å². The van der Waals surface area contributed by atoms with Crippen LogP contribution in [-0.4, -0.2) is 43.5 Å². The summed E-state index contributed by atoms with van der Waals surface area (Å²) in [5.41, 5.74) is 1.34. The van der Waals surface area contributed by atoms with Crippen LogP contribution in [0.1, 0.15) is 29.9 Å². The number of benzene rings is 1. The molecule has 1 saturated heterocycles. The Morgan fingerprint density at radius 1 is 1.23 bits per heavy atom. The number of carbonyl (C=O) groups is 1. The Morgan fingerprint density at radius 3 is 2.46 bits per heavy atom. The molecule has 1 aromatic heterocycles. The molecule has 1 aliphatic heterocycles. The molecule has 8 heteroatoms. The number of aryl methyl sites for hydroxylation is 2. The van der Waals surface area contributed by atoms with Crippen LogP contribution >= 0.6 is 0 Å². The fraction of sp³-hybridized carbons (Fsp3) is 0.444. The average molecular weight is 377 g/mol. The Hall–Kier alpha value is -2.19. The van der Waals surface area contributed by atoms with Gasteiger partial charge in [0.05, 0.1) is 6.42 Å². The molecule has 26 heavy (non-hydrogen) atoms. The van der Waals surface area contributed by atoms with Gasteiger partial charge in [0.15, 0.2) is 5.76 Å². The summed E-state index contributed by atoms with van der Waals surface area (Å²) in [5.74, 6) is 0.355. The lowest BCUT2D eigenvalue weighted by molar-refractivity contribution is -0.131. The second kappa shape index (κ2) is 7.59. The summed E-state index contributed by atoms with van der Waals surface area (Å²) in [7, 11) is -3.67. The number of piperidine rings is 1. The van der Waals surface area contributed by atoms with Crippen LogP contribution in [0.5, 0.6) is 0 Å². The lowest BCUT2D eigenvalue weighted by Crippen LogP contribution is -2.47. The quantitative estimate of drug-likeness (QED) is 0.858. The second-order valence-corrected chi connectivity index (χ2v) is 8.24. The lowest BCUT2D eigenvalue weighted by Gasteiger charge is -2.32. The van der Waals surface area contributed by atoms with Gasteiger partial charge in [-0.25, -0.2) is 13.1 Å². The smallest absolute Gasteiger partial charge is 0.246 e. The first-order valence-electron chi connectivity index (χ1n) is 8.64. The summed E-state index contributed by atoms with van der Waals surface area (Å²) in [4.78, 5) is 14.3. The van der Waals surface area contributed by atoms with Gasteiger partial charge in [-0.1, -0.05) is 35.5 Å². The molecule has 0 radical (unpaired) electrons. The molecule has 7 nitrogen and oxygen atoms in total. The topological polar surface area (TPSA) is 92.5 Å². The van der Waals surface area contributed by atoms with Gasteiger partial charge in [-0.15, -0.1) is 0 Å². The van der Waals surface area contributed by atoms with Crippen molar-refractivity contribution in [3.63, 3.8) is 0 Å². The molecule has 140 valence electrons. The normalized spacial score (nSPS) is 16.0. The van der Waals surface area contributed by atoms with Gasteiger partial charge in [-0.05, 0) is 32.3 Å². The molecule has 1 fully saturated rings. The second-order valence-electron chi connectivity index (χ2n) is 6.59. The first kappa shape index (κ1) is 18.6. The van der Waals surface area contributed by atoms with Gasteiger partial charge >= 0.3 is 0 Å². The van der Waals surface area contributed by atoms with E-state index in [-0.39, 0.29) is 22.6 Å². The van der Waals surface area contributed by atoms with Crippen molar-refractivity contribution >= 4 is 15.9 Å². The first-order chi connectivity index (χ1) is 12.4. The predicted molar refractivity (Wildman–Crippen MR) is 96.0 cm³/mol. The van der Waals surface area contributed by atoms with Crippen molar-refractivity contribution in [2.24, 2.45) is 0 Å². The average Bonchev–Trinajstić information content (AvgIpc) is 2.95. The highest BCUT2D eigenvalue weighted by molar-refractivity contribution is 7.89. The number of hydrogen-bond donors (Lipinski definition) is 1. The Kier molecular flexibility index (Phi) is 5.43. The van der Waals surface area contributed by atoms with Crippen molar-refractivity contribution in [2.45, 2.75) is 44.0 Å². The summed E-state index contributed by atoms with van der Waals surface area (Å²) >= 11 is 0. The molecule has 0 unspecified atom stereocenters. The summed E-state index contributed by atoms with van der Waals surface area (Å²) < 4.78 is 32.8. The molecular weight excluding hydrogens is 354 g/mol. The maximum absolute atomic E-state index is 12.6. The third kappa shape index (κ3) is 4.13. The minimum Gasteiger partial charge on any atom is -0.360 e. The van der Waals surface area contributed by atoms with E-state index >= 15 is 0 Å². The van der Waals surface area contributed by atoms with Gasteiger partial charge in [0.2, 0.25) is 15.9 Å². The van der Waals surface area contributed by atoms with Crippen LogP contribution in [0.25, 0.3) is 0 Å². The molecule has 1 N–H and O–H groups in total. The maximum atomic E-state index is 12.6. The molecule has 0 atom stereocenters. The maximum Gasteiger partial charge on any atom is 0.246 e. The van der Waals surface area contributed by atoms with Crippen LogP contribution in [0.15, 0.2) is 39.8 Å². The number of nitrogens with one attached hydrogen (secondary N) is 1. The van der Waals surface area contributed by atoms with E-state index in [2.05, 4.69) is 9.88 Å². The van der Waals surface area contributed by atoms with E-state index in [4.69, 9.17) is 4.52 Å². The monoisotopic (exact) mass is 377 g/mol. The third-order valence-corrected chi connectivity index (χ3v) is 6.37. The van der Waals surface area contributed by atoms with Crippen molar-refractivity contribution in [3.05, 3.63) is 47.3 Å². The Morgan fingerprint density at radius 2 is 1.88 bits per heavy atom. The molecule has 1 aliphatic rings. The SMILES string of the molecule is Cc1noc(C)c1S(=O)(=O)NC1CCN(C(=O)Cc2ccccc2)CC1. The number of carbonyl (C=O) groups excluding carboxylic acids is 1. The van der Waals surface area contributed by atoms with Gasteiger partial charge in [0.25, 0.3) is 0 Å². The summed E-state index contributed by atoms with van der Waals surface area (Å²) in [5, 5.41) is 3.70. The summed E-state index contributed by atoms with van der Waals surface area (Å²) in [6.45, 7) is 4.27. The summed E-state index contributed by atoms with van der Waals surface area (Å²) in [6, 6.07) is 9.42. The largest absolute Gasteiger partial charge is 0.360 e. The van der Waals surface area contributed by atoms with E-state index in [1.165, 1.54) is 0 Å². The molecule has 2 heterocycles. The highest BCUT2D eigenvalue weighted by Gasteiger charge is 2.30. The van der Waals surface area contributed by atoms with E-state index in [0.717, 1.165) is 5.56 Å². The standard InChI is InChI=1S/C18H23N3O4S/c1-13-18(14(2)25-19-13)26(23,24)20-16-8-10-21(11-9-16)17(22)12-15-6-4-3-5-7-15/h3-7,16,20H,8-12H2,1-2H3. The van der Waals surface area contributed by atoms with Crippen LogP contribution in [0.2, 0.25) is 0 Å². The van der Waals surface area contributed by atoms with Gasteiger partial charge < -0.3 is 9.42 Å². The molecule has 0 bridgehead atoms. The van der Waals surface area contributed by atoms with Crippen LogP contribution in [0, 0.1) is 13.8 Å². The Bertz CT molecular complexity index is 850. The Balaban J connectivity index is 1.56. The minimum atomic E-state index is -3.67. The number of rotatable bonds is 5. The number of aromatic nitrogens is 1. The van der Waals surface area contributed by atoms with Crippen molar-refractivity contribution < 1.29 is 17.7 Å². The zero-order valence-corrected chi connectivity index (χ0v) is 15.8. The molecular formula is C18H23N3O4S. The molecule has 0 saturated carbocycles. The van der Waals surface area contributed by atoms with Gasteiger partial charge in [-0.2, -0.15) is 0 Å². The number of sulfonamides is 1. The van der Waals surface area contributed by atoms with E-state index < -0.39 is 10.0 Å². The number of amides is 1. The molecule has 2 aromatic rings. The predicted octanol–water partition coefficient (Wildman–Crippen LogP) is 1.80. The minimum absolute atomic E-state index is 0.0724. The van der Waals surface area contributed by atoms with Crippen molar-refractivity contribution in [2.75, 3.05) is 13.1 Å². The van der Waals surface area contributed by atoms with Gasteiger partial charge in [-0.3, -0.25) is 4.79 Å². The van der Waals surface area contributed by atoms with E-state index in [1.807, 2.05) is 30.3 Å². The van der Waals surface area contributed by atoms with Crippen molar-refractivity contribution in [3.8, 4) is 0 Å². The van der Waals surface area contributed by atoms with E-state index in [1.54, 1.807) is 18.7 Å². The number of hydrogen-bond acceptors (Lipinski definition) is 5. The van der Waals surface area contributed by atoms with Crippen molar-refractivity contribution in [1.29, 1.82) is 0 Å². The van der Waals surface area contributed by atoms with Crippen LogP contribution < -0.4 is 4.72 Å². The van der Waals surface area contributed by atoms with Gasteiger partial charge in [0, 0.05) is 19.1 Å².